The molecule has 0 N–H and O–H groups in total. The van der Waals surface area contributed by atoms with Crippen molar-refractivity contribution >= 4 is 0 Å². The van der Waals surface area contributed by atoms with Gasteiger partial charge in [-0.15, -0.1) is 0 Å². The third kappa shape index (κ3) is 2.63. The third-order valence-corrected chi connectivity index (χ3v) is 3.29. The molecule has 4 heteroatoms. The maximum absolute atomic E-state index is 8.50. The summed E-state index contributed by atoms with van der Waals surface area (Å²) >= 11 is 0. The summed E-state index contributed by atoms with van der Waals surface area (Å²) in [6, 6.07) is 0.228. The van der Waals surface area contributed by atoms with Crippen LogP contribution in [0.15, 0.2) is 5.11 Å². The van der Waals surface area contributed by atoms with Gasteiger partial charge in [0.05, 0.1) is 12.7 Å². The Morgan fingerprint density at radius 1 is 1.29 bits per heavy atom. The maximum Gasteiger partial charge on any atom is 0.0812 e. The van der Waals surface area contributed by atoms with E-state index in [1.165, 1.54) is 25.7 Å². The molecule has 14 heavy (non-hydrogen) atoms. The highest BCUT2D eigenvalue weighted by molar-refractivity contribution is 4.84. The fourth-order valence-corrected chi connectivity index (χ4v) is 2.40. The molecule has 0 radical (unpaired) electrons. The van der Waals surface area contributed by atoms with Crippen molar-refractivity contribution in [3.8, 4) is 0 Å². The Balaban J connectivity index is 1.94. The highest BCUT2D eigenvalue weighted by atomic mass is 16.6. The summed E-state index contributed by atoms with van der Waals surface area (Å²) in [6.45, 7) is 0.916. The van der Waals surface area contributed by atoms with Crippen LogP contribution in [-0.4, -0.2) is 18.8 Å². The normalized spacial score (nSPS) is 37.0. The van der Waals surface area contributed by atoms with Crippen molar-refractivity contribution in [1.82, 2.24) is 0 Å². The Morgan fingerprint density at radius 3 is 2.79 bits per heavy atom. The lowest BCUT2D eigenvalue weighted by Gasteiger charge is -2.19. The van der Waals surface area contributed by atoms with Crippen molar-refractivity contribution in [3.05, 3.63) is 10.4 Å². The monoisotopic (exact) mass is 195 g/mol. The van der Waals surface area contributed by atoms with E-state index in [9.17, 15) is 0 Å². The first-order valence-corrected chi connectivity index (χ1v) is 5.56. The number of ether oxygens (including phenoxy) is 1. The highest BCUT2D eigenvalue weighted by Gasteiger charge is 2.31. The van der Waals surface area contributed by atoms with Crippen molar-refractivity contribution in [1.29, 1.82) is 0 Å². The topological polar surface area (TPSA) is 61.3 Å². The van der Waals surface area contributed by atoms with E-state index in [-0.39, 0.29) is 6.04 Å². The standard InChI is InChI=1S/C10H17N3O/c11-13-12-10-5-3-1-2-4-8(10)6-9-7-14-9/h8-10H,1-7H2/t8-,9-,10-/m0/s1. The average Bonchev–Trinajstić information content (AvgIpc) is 2.98. The van der Waals surface area contributed by atoms with E-state index in [1.54, 1.807) is 0 Å². The smallest absolute Gasteiger partial charge is 0.0812 e. The highest BCUT2D eigenvalue weighted by Crippen LogP contribution is 2.32. The molecule has 0 aromatic rings. The molecule has 0 aromatic carbocycles. The van der Waals surface area contributed by atoms with Gasteiger partial charge in [-0.05, 0) is 30.7 Å². The summed E-state index contributed by atoms with van der Waals surface area (Å²) in [7, 11) is 0. The molecular formula is C10H17N3O. The van der Waals surface area contributed by atoms with E-state index in [2.05, 4.69) is 10.0 Å². The number of hydrogen-bond acceptors (Lipinski definition) is 2. The van der Waals surface area contributed by atoms with E-state index in [0.29, 0.717) is 12.0 Å². The molecule has 0 spiro atoms. The van der Waals surface area contributed by atoms with Crippen LogP contribution in [0.3, 0.4) is 0 Å². The van der Waals surface area contributed by atoms with Gasteiger partial charge in [0, 0.05) is 11.0 Å². The molecule has 1 heterocycles. The zero-order valence-corrected chi connectivity index (χ0v) is 8.43. The second kappa shape index (κ2) is 4.67. The molecule has 0 aromatic heterocycles. The number of nitrogens with zero attached hydrogens (tertiary/aromatic N) is 3. The zero-order valence-electron chi connectivity index (χ0n) is 8.43. The number of rotatable bonds is 3. The van der Waals surface area contributed by atoms with E-state index >= 15 is 0 Å². The maximum atomic E-state index is 8.50. The van der Waals surface area contributed by atoms with E-state index in [1.807, 2.05) is 0 Å². The number of hydrogen-bond donors (Lipinski definition) is 0. The van der Waals surface area contributed by atoms with Gasteiger partial charge in [-0.1, -0.05) is 24.4 Å². The van der Waals surface area contributed by atoms with Crippen LogP contribution < -0.4 is 0 Å². The first-order chi connectivity index (χ1) is 6.90. The van der Waals surface area contributed by atoms with Gasteiger partial charge in [-0.2, -0.15) is 0 Å². The molecule has 1 saturated carbocycles. The fraction of sp³-hybridized carbons (Fsp3) is 1.00. The van der Waals surface area contributed by atoms with Crippen LogP contribution in [-0.2, 0) is 4.74 Å². The summed E-state index contributed by atoms with van der Waals surface area (Å²) < 4.78 is 5.24. The molecular weight excluding hydrogens is 178 g/mol. The lowest BCUT2D eigenvalue weighted by molar-refractivity contribution is 0.309. The van der Waals surface area contributed by atoms with E-state index in [4.69, 9.17) is 10.3 Å². The van der Waals surface area contributed by atoms with Gasteiger partial charge in [0.1, 0.15) is 0 Å². The van der Waals surface area contributed by atoms with Crippen molar-refractivity contribution < 1.29 is 4.74 Å². The predicted octanol–water partition coefficient (Wildman–Crippen LogP) is 3.03. The number of azide groups is 1. The minimum absolute atomic E-state index is 0.228. The molecule has 4 nitrogen and oxygen atoms in total. The summed E-state index contributed by atoms with van der Waals surface area (Å²) in [5.41, 5.74) is 8.50. The number of epoxide rings is 1. The van der Waals surface area contributed by atoms with E-state index in [0.717, 1.165) is 19.4 Å². The van der Waals surface area contributed by atoms with Crippen LogP contribution >= 0.6 is 0 Å². The molecule has 0 bridgehead atoms. The molecule has 2 rings (SSSR count). The molecule has 1 aliphatic heterocycles. The Kier molecular flexibility index (Phi) is 3.27. The first kappa shape index (κ1) is 9.81. The van der Waals surface area contributed by atoms with Crippen molar-refractivity contribution in [2.75, 3.05) is 6.61 Å². The molecule has 2 fully saturated rings. The Morgan fingerprint density at radius 2 is 2.07 bits per heavy atom. The lowest BCUT2D eigenvalue weighted by Crippen LogP contribution is -2.18. The van der Waals surface area contributed by atoms with Crippen LogP contribution in [0.4, 0.5) is 0 Å². The van der Waals surface area contributed by atoms with Gasteiger partial charge in [-0.25, -0.2) is 0 Å². The zero-order chi connectivity index (χ0) is 9.80. The molecule has 1 aliphatic carbocycles. The second-order valence-corrected chi connectivity index (χ2v) is 4.36. The third-order valence-electron chi connectivity index (χ3n) is 3.29. The summed E-state index contributed by atoms with van der Waals surface area (Å²) in [4.78, 5) is 2.96. The van der Waals surface area contributed by atoms with Gasteiger partial charge in [-0.3, -0.25) is 0 Å². The Labute approximate surface area is 84.3 Å². The van der Waals surface area contributed by atoms with Crippen LogP contribution in [0.1, 0.15) is 38.5 Å². The quantitative estimate of drug-likeness (QED) is 0.224. The summed E-state index contributed by atoms with van der Waals surface area (Å²) in [6.07, 6.45) is 7.64. The second-order valence-electron chi connectivity index (χ2n) is 4.36. The van der Waals surface area contributed by atoms with Gasteiger partial charge in [0.2, 0.25) is 0 Å². The van der Waals surface area contributed by atoms with Gasteiger partial charge < -0.3 is 4.74 Å². The first-order valence-electron chi connectivity index (χ1n) is 5.56. The average molecular weight is 195 g/mol. The Bertz CT molecular complexity index is 234. The van der Waals surface area contributed by atoms with Crippen molar-refractivity contribution in [2.24, 2.45) is 11.0 Å². The lowest BCUT2D eigenvalue weighted by atomic mass is 9.91. The molecule has 3 atom stereocenters. The predicted molar refractivity (Wildman–Crippen MR) is 53.9 cm³/mol. The van der Waals surface area contributed by atoms with Crippen LogP contribution in [0, 0.1) is 5.92 Å². The molecule has 2 aliphatic rings. The molecule has 1 saturated heterocycles. The Hall–Kier alpha value is -0.730. The van der Waals surface area contributed by atoms with Crippen LogP contribution in [0.2, 0.25) is 0 Å². The van der Waals surface area contributed by atoms with Crippen LogP contribution in [0.5, 0.6) is 0 Å². The van der Waals surface area contributed by atoms with Gasteiger partial charge >= 0.3 is 0 Å². The summed E-state index contributed by atoms with van der Waals surface area (Å²) in [5.74, 6) is 0.570. The largest absolute Gasteiger partial charge is 0.373 e. The van der Waals surface area contributed by atoms with E-state index < -0.39 is 0 Å². The van der Waals surface area contributed by atoms with Crippen molar-refractivity contribution in [2.45, 2.75) is 50.7 Å². The molecule has 0 unspecified atom stereocenters. The van der Waals surface area contributed by atoms with Gasteiger partial charge in [0.15, 0.2) is 0 Å². The van der Waals surface area contributed by atoms with Crippen LogP contribution in [0.25, 0.3) is 10.4 Å². The SMILES string of the molecule is [N-]=[N+]=N[C@H]1CCCCC[C@H]1C[C@H]1CO1. The fourth-order valence-electron chi connectivity index (χ4n) is 2.40. The van der Waals surface area contributed by atoms with Gasteiger partial charge in [0.25, 0.3) is 0 Å². The molecule has 78 valence electrons. The molecule has 0 amide bonds. The minimum Gasteiger partial charge on any atom is -0.373 e. The van der Waals surface area contributed by atoms with Crippen molar-refractivity contribution in [3.63, 3.8) is 0 Å². The minimum atomic E-state index is 0.228. The summed E-state index contributed by atoms with van der Waals surface area (Å²) in [5, 5.41) is 3.93.